The molecular formula is C22H18N2O3S2. The van der Waals surface area contributed by atoms with Gasteiger partial charge in [0.1, 0.15) is 10.4 Å². The van der Waals surface area contributed by atoms with Gasteiger partial charge >= 0.3 is 0 Å². The fourth-order valence-corrected chi connectivity index (χ4v) is 4.80. The molecule has 0 saturated heterocycles. The first-order chi connectivity index (χ1) is 14.1. The normalized spacial score (nSPS) is 11.0. The molecule has 0 unspecified atom stereocenters. The van der Waals surface area contributed by atoms with E-state index in [-0.39, 0.29) is 11.3 Å². The number of nitrogens with zero attached hydrogens (tertiary/aromatic N) is 2. The van der Waals surface area contributed by atoms with E-state index in [0.29, 0.717) is 32.4 Å². The van der Waals surface area contributed by atoms with Gasteiger partial charge in [0, 0.05) is 16.9 Å². The predicted octanol–water partition coefficient (Wildman–Crippen LogP) is 4.95. The topological polar surface area (TPSA) is 61.2 Å². The monoisotopic (exact) mass is 422 g/mol. The molecule has 0 bridgehead atoms. The molecule has 2 aromatic carbocycles. The maximum atomic E-state index is 13.1. The summed E-state index contributed by atoms with van der Waals surface area (Å²) in [5.41, 5.74) is 2.89. The number of Topliss-reactive ketones (excluding diaryl/α,β-unsaturated/α-hetero) is 1. The second-order valence-corrected chi connectivity index (χ2v) is 8.24. The number of carbonyl (C=O) groups excluding carboxylic acids is 1. The summed E-state index contributed by atoms with van der Waals surface area (Å²) >= 11 is 2.84. The lowest BCUT2D eigenvalue weighted by Gasteiger charge is -2.13. The molecule has 0 aliphatic carbocycles. The van der Waals surface area contributed by atoms with E-state index >= 15 is 0 Å². The minimum atomic E-state index is -0.0804. The Labute approximate surface area is 176 Å². The van der Waals surface area contributed by atoms with Gasteiger partial charge in [0.2, 0.25) is 0 Å². The summed E-state index contributed by atoms with van der Waals surface area (Å²) < 4.78 is 7.73. The lowest BCUT2D eigenvalue weighted by molar-refractivity contribution is 0.101. The van der Waals surface area contributed by atoms with Crippen LogP contribution < -0.4 is 10.3 Å². The summed E-state index contributed by atoms with van der Waals surface area (Å²) in [5, 5.41) is 2.48. The predicted molar refractivity (Wildman–Crippen MR) is 118 cm³/mol. The number of fused-ring (bicyclic) bond motifs is 1. The largest absolute Gasteiger partial charge is 0.496 e. The van der Waals surface area contributed by atoms with Crippen LogP contribution in [0.2, 0.25) is 0 Å². The highest BCUT2D eigenvalue weighted by molar-refractivity contribution is 7.98. The molecule has 2 heterocycles. The number of aromatic nitrogens is 2. The van der Waals surface area contributed by atoms with Crippen LogP contribution in [0.3, 0.4) is 0 Å². The van der Waals surface area contributed by atoms with Crippen molar-refractivity contribution in [1.29, 1.82) is 0 Å². The number of methoxy groups -OCH3 is 1. The lowest BCUT2D eigenvalue weighted by Crippen LogP contribution is -2.20. The van der Waals surface area contributed by atoms with Crippen LogP contribution >= 0.6 is 23.1 Å². The summed E-state index contributed by atoms with van der Waals surface area (Å²) in [5.74, 6) is 1.21. The summed E-state index contributed by atoms with van der Waals surface area (Å²) in [7, 11) is 1.60. The van der Waals surface area contributed by atoms with Crippen LogP contribution in [0.1, 0.15) is 22.8 Å². The number of rotatable bonds is 6. The number of hydrogen-bond acceptors (Lipinski definition) is 6. The van der Waals surface area contributed by atoms with Gasteiger partial charge in [0.05, 0.1) is 18.3 Å². The van der Waals surface area contributed by atoms with E-state index < -0.39 is 0 Å². The highest BCUT2D eigenvalue weighted by atomic mass is 32.2. The first-order valence-electron chi connectivity index (χ1n) is 8.95. The van der Waals surface area contributed by atoms with Gasteiger partial charge in [-0.25, -0.2) is 4.98 Å². The summed E-state index contributed by atoms with van der Waals surface area (Å²) in [4.78, 5) is 29.6. The molecule has 7 heteroatoms. The van der Waals surface area contributed by atoms with Crippen LogP contribution in [0.4, 0.5) is 0 Å². The highest BCUT2D eigenvalue weighted by Crippen LogP contribution is 2.30. The number of thioether (sulfide) groups is 1. The second-order valence-electron chi connectivity index (χ2n) is 6.38. The third kappa shape index (κ3) is 3.83. The van der Waals surface area contributed by atoms with Gasteiger partial charge in [-0.3, -0.25) is 14.2 Å². The molecule has 0 aliphatic heterocycles. The molecule has 0 saturated carbocycles. The molecule has 0 aliphatic rings. The number of carbonyl (C=O) groups is 1. The van der Waals surface area contributed by atoms with Crippen LogP contribution in [0, 0.1) is 0 Å². The number of ether oxygens (including phenoxy) is 1. The van der Waals surface area contributed by atoms with Gasteiger partial charge < -0.3 is 4.74 Å². The van der Waals surface area contributed by atoms with Crippen LogP contribution in [0.15, 0.2) is 69.9 Å². The first-order valence-corrected chi connectivity index (χ1v) is 10.8. The van der Waals surface area contributed by atoms with Gasteiger partial charge in [0.15, 0.2) is 10.9 Å². The lowest BCUT2D eigenvalue weighted by atomic mass is 10.1. The van der Waals surface area contributed by atoms with E-state index in [0.717, 1.165) is 11.3 Å². The molecule has 146 valence electrons. The van der Waals surface area contributed by atoms with Crippen LogP contribution in [0.5, 0.6) is 5.75 Å². The standard InChI is InChI=1S/C22H18N2O3S2/c1-14(25)15-8-9-19(27-2)16(12-15)13-29-22-23-18-10-11-28-20(18)21(26)24(22)17-6-4-3-5-7-17/h3-12H,13H2,1-2H3. The number of para-hydroxylation sites is 1. The van der Waals surface area contributed by atoms with Gasteiger partial charge in [-0.2, -0.15) is 0 Å². The number of thiophene rings is 1. The summed E-state index contributed by atoms with van der Waals surface area (Å²) in [6, 6.07) is 16.7. The Balaban J connectivity index is 1.78. The van der Waals surface area contributed by atoms with Crippen molar-refractivity contribution in [3.63, 3.8) is 0 Å². The van der Waals surface area contributed by atoms with Crippen LogP contribution in [0.25, 0.3) is 15.9 Å². The summed E-state index contributed by atoms with van der Waals surface area (Å²) in [6.45, 7) is 1.54. The van der Waals surface area contributed by atoms with Gasteiger partial charge in [-0.05, 0) is 48.7 Å². The zero-order valence-electron chi connectivity index (χ0n) is 15.9. The molecule has 0 spiro atoms. The fourth-order valence-electron chi connectivity index (χ4n) is 3.05. The molecule has 0 radical (unpaired) electrons. The Hall–Kier alpha value is -2.90. The Kier molecular flexibility index (Phi) is 5.51. The maximum absolute atomic E-state index is 13.1. The Morgan fingerprint density at radius 1 is 1.17 bits per heavy atom. The van der Waals surface area contributed by atoms with Gasteiger partial charge in [-0.1, -0.05) is 30.0 Å². The molecule has 0 fully saturated rings. The zero-order valence-corrected chi connectivity index (χ0v) is 17.5. The van der Waals surface area contributed by atoms with Crippen molar-refractivity contribution in [3.8, 4) is 11.4 Å². The highest BCUT2D eigenvalue weighted by Gasteiger charge is 2.16. The Bertz CT molecular complexity index is 1250. The smallest absolute Gasteiger partial charge is 0.276 e. The first kappa shape index (κ1) is 19.4. The molecule has 5 nitrogen and oxygen atoms in total. The maximum Gasteiger partial charge on any atom is 0.276 e. The second kappa shape index (κ2) is 8.23. The number of hydrogen-bond donors (Lipinski definition) is 0. The molecule has 0 atom stereocenters. The SMILES string of the molecule is COc1ccc(C(C)=O)cc1CSc1nc2ccsc2c(=O)n1-c1ccccc1. The third-order valence-corrected chi connectivity index (χ3v) is 6.39. The van der Waals surface area contributed by atoms with Gasteiger partial charge in [-0.15, -0.1) is 11.3 Å². The fraction of sp³-hybridized carbons (Fsp3) is 0.136. The number of benzene rings is 2. The van der Waals surface area contributed by atoms with Crippen molar-refractivity contribution < 1.29 is 9.53 Å². The van der Waals surface area contributed by atoms with Crippen molar-refractivity contribution in [2.75, 3.05) is 7.11 Å². The van der Waals surface area contributed by atoms with Crippen molar-refractivity contribution in [2.45, 2.75) is 17.8 Å². The minimum Gasteiger partial charge on any atom is -0.496 e. The minimum absolute atomic E-state index is 0.00193. The van der Waals surface area contributed by atoms with E-state index in [1.165, 1.54) is 30.0 Å². The third-order valence-electron chi connectivity index (χ3n) is 4.51. The molecular weight excluding hydrogens is 404 g/mol. The molecule has 2 aromatic heterocycles. The van der Waals surface area contributed by atoms with E-state index in [1.54, 1.807) is 23.8 Å². The van der Waals surface area contributed by atoms with E-state index in [2.05, 4.69) is 0 Å². The van der Waals surface area contributed by atoms with Crippen molar-refractivity contribution in [1.82, 2.24) is 9.55 Å². The summed E-state index contributed by atoms with van der Waals surface area (Å²) in [6.07, 6.45) is 0. The number of ketones is 1. The molecule has 4 rings (SSSR count). The average molecular weight is 423 g/mol. The van der Waals surface area contributed by atoms with E-state index in [4.69, 9.17) is 9.72 Å². The van der Waals surface area contributed by atoms with E-state index in [1.807, 2.05) is 47.8 Å². The Morgan fingerprint density at radius 2 is 1.97 bits per heavy atom. The van der Waals surface area contributed by atoms with Crippen LogP contribution in [-0.4, -0.2) is 22.4 Å². The van der Waals surface area contributed by atoms with Gasteiger partial charge in [0.25, 0.3) is 5.56 Å². The van der Waals surface area contributed by atoms with Crippen LogP contribution in [-0.2, 0) is 5.75 Å². The van der Waals surface area contributed by atoms with Crippen molar-refractivity contribution in [3.05, 3.63) is 81.5 Å². The zero-order chi connectivity index (χ0) is 20.4. The molecule has 0 amide bonds. The van der Waals surface area contributed by atoms with E-state index in [9.17, 15) is 9.59 Å². The average Bonchev–Trinajstić information content (AvgIpc) is 3.21. The van der Waals surface area contributed by atoms with Crippen molar-refractivity contribution >= 4 is 39.1 Å². The molecule has 4 aromatic rings. The Morgan fingerprint density at radius 3 is 2.69 bits per heavy atom. The molecule has 29 heavy (non-hydrogen) atoms. The molecule has 0 N–H and O–H groups in total. The quantitative estimate of drug-likeness (QED) is 0.250. The van der Waals surface area contributed by atoms with Crippen molar-refractivity contribution in [2.24, 2.45) is 0 Å².